The van der Waals surface area contributed by atoms with Crippen molar-refractivity contribution in [3.63, 3.8) is 0 Å². The van der Waals surface area contributed by atoms with Crippen LogP contribution < -0.4 is 14.9 Å². The molecule has 0 saturated heterocycles. The molecule has 1 heterocycles. The SMILES string of the molecule is CCOC(=O)c1oc2cc(OC)cc(O)c2c(=O)c1-c1ccc(OC)cc1. The first-order valence-electron chi connectivity index (χ1n) is 8.19. The van der Waals surface area contributed by atoms with Crippen LogP contribution in [0.2, 0.25) is 0 Å². The minimum Gasteiger partial charge on any atom is -0.507 e. The van der Waals surface area contributed by atoms with E-state index in [2.05, 4.69) is 0 Å². The Hall–Kier alpha value is -3.48. The number of esters is 1. The van der Waals surface area contributed by atoms with E-state index in [1.165, 1.54) is 26.4 Å². The molecule has 0 radical (unpaired) electrons. The second kappa shape index (κ2) is 7.41. The number of phenolic OH excluding ortho intramolecular Hbond substituents is 1. The van der Waals surface area contributed by atoms with Crippen molar-refractivity contribution in [1.29, 1.82) is 0 Å². The monoisotopic (exact) mass is 370 g/mol. The molecule has 0 unspecified atom stereocenters. The van der Waals surface area contributed by atoms with Gasteiger partial charge < -0.3 is 23.7 Å². The van der Waals surface area contributed by atoms with Gasteiger partial charge >= 0.3 is 5.97 Å². The van der Waals surface area contributed by atoms with Crippen molar-refractivity contribution in [2.75, 3.05) is 20.8 Å². The van der Waals surface area contributed by atoms with Crippen molar-refractivity contribution in [1.82, 2.24) is 0 Å². The maximum absolute atomic E-state index is 13.1. The molecule has 0 aliphatic heterocycles. The third-order valence-electron chi connectivity index (χ3n) is 4.02. The molecule has 0 spiro atoms. The smallest absolute Gasteiger partial charge is 0.375 e. The Morgan fingerprint density at radius 1 is 1.07 bits per heavy atom. The molecule has 0 amide bonds. The highest BCUT2D eigenvalue weighted by Gasteiger charge is 2.25. The number of aromatic hydroxyl groups is 1. The summed E-state index contributed by atoms with van der Waals surface area (Å²) < 4.78 is 20.9. The summed E-state index contributed by atoms with van der Waals surface area (Å²) in [4.78, 5) is 25.6. The molecule has 7 nitrogen and oxygen atoms in total. The average Bonchev–Trinajstić information content (AvgIpc) is 2.67. The lowest BCUT2D eigenvalue weighted by Gasteiger charge is -2.11. The lowest BCUT2D eigenvalue weighted by atomic mass is 10.0. The average molecular weight is 370 g/mol. The molecule has 3 aromatic rings. The third kappa shape index (κ3) is 3.31. The van der Waals surface area contributed by atoms with Crippen LogP contribution in [0.1, 0.15) is 17.5 Å². The van der Waals surface area contributed by atoms with E-state index in [-0.39, 0.29) is 40.4 Å². The van der Waals surface area contributed by atoms with E-state index in [0.717, 1.165) is 0 Å². The van der Waals surface area contributed by atoms with Gasteiger partial charge in [0.2, 0.25) is 11.2 Å². The molecule has 0 fully saturated rings. The Balaban J connectivity index is 2.36. The van der Waals surface area contributed by atoms with Crippen molar-refractivity contribution in [3.8, 4) is 28.4 Å². The predicted molar refractivity (Wildman–Crippen MR) is 98.6 cm³/mol. The fraction of sp³-hybridized carbons (Fsp3) is 0.200. The van der Waals surface area contributed by atoms with Gasteiger partial charge in [-0.05, 0) is 24.6 Å². The van der Waals surface area contributed by atoms with Gasteiger partial charge in [-0.1, -0.05) is 12.1 Å². The Morgan fingerprint density at radius 2 is 1.74 bits per heavy atom. The molecule has 3 rings (SSSR count). The zero-order valence-corrected chi connectivity index (χ0v) is 15.1. The van der Waals surface area contributed by atoms with E-state index >= 15 is 0 Å². The van der Waals surface area contributed by atoms with Crippen LogP contribution in [0.15, 0.2) is 45.6 Å². The summed E-state index contributed by atoms with van der Waals surface area (Å²) in [6.07, 6.45) is 0. The number of hydrogen-bond donors (Lipinski definition) is 1. The summed E-state index contributed by atoms with van der Waals surface area (Å²) in [6, 6.07) is 9.29. The van der Waals surface area contributed by atoms with E-state index in [4.69, 9.17) is 18.6 Å². The van der Waals surface area contributed by atoms with E-state index in [1.54, 1.807) is 31.2 Å². The maximum atomic E-state index is 13.1. The largest absolute Gasteiger partial charge is 0.507 e. The second-order valence-corrected chi connectivity index (χ2v) is 5.60. The molecule has 1 N–H and O–H groups in total. The highest BCUT2D eigenvalue weighted by Crippen LogP contribution is 2.33. The molecule has 0 aliphatic rings. The van der Waals surface area contributed by atoms with Gasteiger partial charge in [0.1, 0.15) is 28.2 Å². The standard InChI is InChI=1S/C20H18O7/c1-4-26-20(23)19-16(11-5-7-12(24-2)8-6-11)18(22)17-14(21)9-13(25-3)10-15(17)27-19/h5-10,21H,4H2,1-3H3. The molecule has 1 aromatic heterocycles. The van der Waals surface area contributed by atoms with Crippen molar-refractivity contribution >= 4 is 16.9 Å². The van der Waals surface area contributed by atoms with Crippen LogP contribution in [0, 0.1) is 0 Å². The van der Waals surface area contributed by atoms with Crippen LogP contribution in [0.3, 0.4) is 0 Å². The molecule has 0 saturated carbocycles. The lowest BCUT2D eigenvalue weighted by molar-refractivity contribution is 0.0492. The van der Waals surface area contributed by atoms with Crippen LogP contribution in [-0.2, 0) is 4.74 Å². The zero-order valence-electron chi connectivity index (χ0n) is 15.1. The van der Waals surface area contributed by atoms with E-state index < -0.39 is 11.4 Å². The minimum absolute atomic E-state index is 0.00377. The van der Waals surface area contributed by atoms with Crippen molar-refractivity contribution in [3.05, 3.63) is 52.4 Å². The molecule has 2 aromatic carbocycles. The normalized spacial score (nSPS) is 10.6. The van der Waals surface area contributed by atoms with Crippen LogP contribution in [-0.4, -0.2) is 31.9 Å². The number of carbonyl (C=O) groups excluding carboxylic acids is 1. The minimum atomic E-state index is -0.773. The summed E-state index contributed by atoms with van der Waals surface area (Å²) in [6.45, 7) is 1.77. The van der Waals surface area contributed by atoms with Gasteiger partial charge in [0.05, 0.1) is 26.4 Å². The van der Waals surface area contributed by atoms with Crippen molar-refractivity contribution in [2.24, 2.45) is 0 Å². The second-order valence-electron chi connectivity index (χ2n) is 5.60. The quantitative estimate of drug-likeness (QED) is 0.688. The topological polar surface area (TPSA) is 95.2 Å². The van der Waals surface area contributed by atoms with E-state index in [0.29, 0.717) is 11.3 Å². The zero-order chi connectivity index (χ0) is 19.6. The molecule has 0 aliphatic carbocycles. The fourth-order valence-electron chi connectivity index (χ4n) is 2.75. The molecule has 0 bridgehead atoms. The Morgan fingerprint density at radius 3 is 2.33 bits per heavy atom. The van der Waals surface area contributed by atoms with Crippen LogP contribution >= 0.6 is 0 Å². The third-order valence-corrected chi connectivity index (χ3v) is 4.02. The summed E-state index contributed by atoms with van der Waals surface area (Å²) in [5.41, 5.74) is -0.0874. The van der Waals surface area contributed by atoms with Gasteiger partial charge in [0.15, 0.2) is 0 Å². The summed E-state index contributed by atoms with van der Waals surface area (Å²) in [5, 5.41) is 10.2. The first-order chi connectivity index (χ1) is 13.0. The van der Waals surface area contributed by atoms with Crippen molar-refractivity contribution < 1.29 is 28.5 Å². The number of fused-ring (bicyclic) bond motifs is 1. The van der Waals surface area contributed by atoms with E-state index in [9.17, 15) is 14.7 Å². The number of phenols is 1. The van der Waals surface area contributed by atoms with Gasteiger partial charge in [0.25, 0.3) is 0 Å². The van der Waals surface area contributed by atoms with Crippen LogP contribution in [0.5, 0.6) is 17.2 Å². The molecule has 140 valence electrons. The van der Waals surface area contributed by atoms with E-state index in [1.807, 2.05) is 0 Å². The molecule has 0 atom stereocenters. The number of methoxy groups -OCH3 is 2. The van der Waals surface area contributed by atoms with Gasteiger partial charge in [0, 0.05) is 12.1 Å². The maximum Gasteiger partial charge on any atom is 0.375 e. The number of carbonyl (C=O) groups is 1. The summed E-state index contributed by atoms with van der Waals surface area (Å²) >= 11 is 0. The number of rotatable bonds is 5. The fourth-order valence-corrected chi connectivity index (χ4v) is 2.75. The summed E-state index contributed by atoms with van der Waals surface area (Å²) in [5.74, 6) is -0.440. The molecular weight excluding hydrogens is 352 g/mol. The Bertz CT molecular complexity index is 1050. The molecule has 27 heavy (non-hydrogen) atoms. The highest BCUT2D eigenvalue weighted by atomic mass is 16.5. The number of ether oxygens (including phenoxy) is 3. The predicted octanol–water partition coefficient (Wildman–Crippen LogP) is 3.36. The summed E-state index contributed by atoms with van der Waals surface area (Å²) in [7, 11) is 2.94. The number of hydrogen-bond acceptors (Lipinski definition) is 7. The van der Waals surface area contributed by atoms with Crippen LogP contribution in [0.4, 0.5) is 0 Å². The Labute approximate surface area is 154 Å². The van der Waals surface area contributed by atoms with Crippen molar-refractivity contribution in [2.45, 2.75) is 6.92 Å². The Kier molecular flexibility index (Phi) is 5.03. The number of benzene rings is 2. The molecular formula is C20H18O7. The highest BCUT2D eigenvalue weighted by molar-refractivity contribution is 5.99. The first-order valence-corrected chi connectivity index (χ1v) is 8.19. The lowest BCUT2D eigenvalue weighted by Crippen LogP contribution is -2.15. The van der Waals surface area contributed by atoms with Crippen LogP contribution in [0.25, 0.3) is 22.1 Å². The first kappa shape index (κ1) is 18.3. The molecule has 7 heteroatoms. The van der Waals surface area contributed by atoms with Gasteiger partial charge in [-0.25, -0.2) is 4.79 Å². The van der Waals surface area contributed by atoms with Gasteiger partial charge in [-0.2, -0.15) is 0 Å². The van der Waals surface area contributed by atoms with Gasteiger partial charge in [-0.3, -0.25) is 4.79 Å². The van der Waals surface area contributed by atoms with Gasteiger partial charge in [-0.15, -0.1) is 0 Å².